The second-order valence-electron chi connectivity index (χ2n) is 12.6. The molecule has 0 amide bonds. The third-order valence-electron chi connectivity index (χ3n) is 8.23. The van der Waals surface area contributed by atoms with Gasteiger partial charge in [-0.3, -0.25) is 0 Å². The van der Waals surface area contributed by atoms with Crippen LogP contribution in [0.5, 0.6) is 0 Å². The highest BCUT2D eigenvalue weighted by Gasteiger charge is 2.13. The molecule has 0 spiro atoms. The molecule has 0 atom stereocenters. The van der Waals surface area contributed by atoms with E-state index in [-0.39, 0.29) is 31.0 Å². The number of halogens is 2. The Kier molecular flexibility index (Phi) is 44.9. The molecule has 0 saturated carbocycles. The van der Waals surface area contributed by atoms with Gasteiger partial charge in [-0.05, 0) is 25.7 Å². The summed E-state index contributed by atoms with van der Waals surface area (Å²) in [5.74, 6) is 0. The predicted octanol–water partition coefficient (Wildman–Crippen LogP) is 6.41. The zero-order valence-corrected chi connectivity index (χ0v) is 28.9. The molecule has 2 nitrogen and oxygen atoms in total. The molecule has 0 aromatic heterocycles. The first-order valence-corrected chi connectivity index (χ1v) is 16.9. The fourth-order valence-electron chi connectivity index (χ4n) is 5.58. The van der Waals surface area contributed by atoms with Gasteiger partial charge < -0.3 is 35.4 Å². The van der Waals surface area contributed by atoms with E-state index in [1.165, 1.54) is 197 Å². The van der Waals surface area contributed by atoms with Crippen molar-refractivity contribution < 1.29 is 29.3 Å². The second-order valence-corrected chi connectivity index (χ2v) is 12.6. The normalized spacial score (nSPS) is 11.1. The Morgan fingerprint density at radius 3 is 0.632 bits per heavy atom. The van der Waals surface area contributed by atoms with E-state index in [1.807, 2.05) is 0 Å². The van der Waals surface area contributed by atoms with Crippen molar-refractivity contribution in [2.45, 2.75) is 194 Å². The highest BCUT2D eigenvalue weighted by atomic mass is 35.5. The maximum Gasteiger partial charge on any atom is 0.0782 e. The van der Waals surface area contributed by atoms with Crippen molar-refractivity contribution in [3.05, 3.63) is 0 Å². The number of quaternary nitrogens is 2. The van der Waals surface area contributed by atoms with Crippen LogP contribution in [-0.4, -0.2) is 31.7 Å². The first kappa shape index (κ1) is 45.5. The molecule has 0 saturated heterocycles. The van der Waals surface area contributed by atoms with Crippen LogP contribution in [0.1, 0.15) is 194 Å². The summed E-state index contributed by atoms with van der Waals surface area (Å²) < 4.78 is 1.25. The highest BCUT2D eigenvalue weighted by Crippen LogP contribution is 2.15. The highest BCUT2D eigenvalue weighted by molar-refractivity contribution is 4.51. The van der Waals surface area contributed by atoms with E-state index < -0.39 is 0 Å². The molecule has 0 aromatic rings. The molecule has 236 valence electrons. The van der Waals surface area contributed by atoms with E-state index in [0.717, 1.165) is 0 Å². The Labute approximate surface area is 255 Å². The van der Waals surface area contributed by atoms with Crippen molar-refractivity contribution in [2.75, 3.05) is 27.2 Å². The number of nitrogens with zero attached hydrogens (tertiary/aromatic N) is 1. The molecule has 0 radical (unpaired) electrons. The van der Waals surface area contributed by atoms with E-state index in [1.54, 1.807) is 0 Å². The minimum atomic E-state index is 0. The molecule has 0 aliphatic heterocycles. The Bertz CT molecular complexity index is 357. The summed E-state index contributed by atoms with van der Waals surface area (Å²) in [5.41, 5.74) is 0. The molecular formula is C34H76Cl2N2. The van der Waals surface area contributed by atoms with E-state index in [4.69, 9.17) is 0 Å². The Hall–Kier alpha value is 0.500. The molecule has 0 aromatic carbocycles. The molecule has 0 heterocycles. The molecule has 0 fully saturated rings. The number of hydrogen-bond donors (Lipinski definition) is 1. The van der Waals surface area contributed by atoms with E-state index in [2.05, 4.69) is 27.9 Å². The largest absolute Gasteiger partial charge is 1.00 e. The Morgan fingerprint density at radius 2 is 0.447 bits per heavy atom. The summed E-state index contributed by atoms with van der Waals surface area (Å²) in [4.78, 5) is 0. The third-order valence-corrected chi connectivity index (χ3v) is 8.23. The van der Waals surface area contributed by atoms with E-state index in [0.29, 0.717) is 0 Å². The van der Waals surface area contributed by atoms with Crippen molar-refractivity contribution in [2.24, 2.45) is 0 Å². The standard InChI is InChI=1S/C34H72N.2ClH.H3N/c1-5-7-9-11-13-15-17-19-21-23-25-27-29-31-33-35(3,4)34-32-30-28-26-24-22-20-18-16-14-12-10-8-6-2;;;/h5-34H2,1-4H3;2*1H;1H3/q+1;;;/p-1. The van der Waals surface area contributed by atoms with Gasteiger partial charge in [-0.15, -0.1) is 0 Å². The lowest BCUT2D eigenvalue weighted by Gasteiger charge is -2.30. The van der Waals surface area contributed by atoms with Crippen LogP contribution in [0.2, 0.25) is 0 Å². The molecule has 0 bridgehead atoms. The summed E-state index contributed by atoms with van der Waals surface area (Å²) in [6, 6.07) is 0. The zero-order valence-electron chi connectivity index (χ0n) is 27.4. The van der Waals surface area contributed by atoms with Crippen molar-refractivity contribution in [1.29, 1.82) is 0 Å². The first-order valence-electron chi connectivity index (χ1n) is 16.9. The lowest BCUT2D eigenvalue weighted by molar-refractivity contribution is -0.890. The van der Waals surface area contributed by atoms with Crippen molar-refractivity contribution >= 4 is 0 Å². The molecule has 0 aliphatic carbocycles. The van der Waals surface area contributed by atoms with Crippen LogP contribution < -0.4 is 31.0 Å². The average molecular weight is 584 g/mol. The quantitative estimate of drug-likeness (QED) is 0.0750. The van der Waals surface area contributed by atoms with Gasteiger partial charge in [0.15, 0.2) is 0 Å². The summed E-state index contributed by atoms with van der Waals surface area (Å²) >= 11 is 0. The molecule has 4 N–H and O–H groups in total. The summed E-state index contributed by atoms with van der Waals surface area (Å²) in [7, 11) is 4.93. The van der Waals surface area contributed by atoms with Gasteiger partial charge in [0.1, 0.15) is 0 Å². The molecule has 0 unspecified atom stereocenters. The van der Waals surface area contributed by atoms with Crippen molar-refractivity contribution in [3.63, 3.8) is 0 Å². The first-order chi connectivity index (χ1) is 17.1. The van der Waals surface area contributed by atoms with Crippen LogP contribution in [0.3, 0.4) is 0 Å². The van der Waals surface area contributed by atoms with Crippen LogP contribution in [0.25, 0.3) is 0 Å². The minimum Gasteiger partial charge on any atom is -1.00 e. The SMILES string of the molecule is CCCCCCCCCCCCCCCC[N+](C)(C)CCCCCCCCCCCCCCCC.[Cl-].[Cl-].[NH4+]. The fraction of sp³-hybridized carbons (Fsp3) is 1.00. The number of hydrogen-bond acceptors (Lipinski definition) is 0. The molecule has 38 heavy (non-hydrogen) atoms. The van der Waals surface area contributed by atoms with Crippen molar-refractivity contribution in [3.8, 4) is 0 Å². The van der Waals surface area contributed by atoms with Crippen LogP contribution >= 0.6 is 0 Å². The van der Waals surface area contributed by atoms with Crippen LogP contribution in [0.4, 0.5) is 0 Å². The van der Waals surface area contributed by atoms with Crippen molar-refractivity contribution in [1.82, 2.24) is 6.15 Å². The van der Waals surface area contributed by atoms with Gasteiger partial charge in [0.25, 0.3) is 0 Å². The van der Waals surface area contributed by atoms with Gasteiger partial charge >= 0.3 is 0 Å². The lowest BCUT2D eigenvalue weighted by atomic mass is 10.0. The average Bonchev–Trinajstić information content (AvgIpc) is 2.84. The monoisotopic (exact) mass is 583 g/mol. The third kappa shape index (κ3) is 38.6. The topological polar surface area (TPSA) is 36.5 Å². The van der Waals surface area contributed by atoms with Gasteiger partial charge in [0.2, 0.25) is 0 Å². The molecule has 0 rings (SSSR count). The summed E-state index contributed by atoms with van der Waals surface area (Å²) in [6.45, 7) is 7.38. The Morgan fingerprint density at radius 1 is 0.289 bits per heavy atom. The van der Waals surface area contributed by atoms with Crippen LogP contribution in [-0.2, 0) is 0 Å². The van der Waals surface area contributed by atoms with Gasteiger partial charge in [0.05, 0.1) is 27.2 Å². The minimum absolute atomic E-state index is 0. The molecule has 4 heteroatoms. The number of unbranched alkanes of at least 4 members (excludes halogenated alkanes) is 26. The molecule has 0 aliphatic rings. The van der Waals surface area contributed by atoms with Crippen LogP contribution in [0, 0.1) is 0 Å². The Balaban J connectivity index is -0.00000193. The maximum atomic E-state index is 2.46. The lowest BCUT2D eigenvalue weighted by Crippen LogP contribution is -3.00. The van der Waals surface area contributed by atoms with Gasteiger partial charge in [0, 0.05) is 0 Å². The van der Waals surface area contributed by atoms with Gasteiger partial charge in [-0.2, -0.15) is 0 Å². The summed E-state index contributed by atoms with van der Waals surface area (Å²) in [6.07, 6.45) is 40.9. The summed E-state index contributed by atoms with van der Waals surface area (Å²) in [5, 5.41) is 0. The maximum absolute atomic E-state index is 2.46. The number of rotatable bonds is 30. The zero-order chi connectivity index (χ0) is 25.7. The fourth-order valence-corrected chi connectivity index (χ4v) is 5.58. The van der Waals surface area contributed by atoms with Crippen LogP contribution in [0.15, 0.2) is 0 Å². The smallest absolute Gasteiger partial charge is 0.0782 e. The predicted molar refractivity (Wildman–Crippen MR) is 168 cm³/mol. The second kappa shape index (κ2) is 37.5. The van der Waals surface area contributed by atoms with Gasteiger partial charge in [-0.25, -0.2) is 0 Å². The van der Waals surface area contributed by atoms with E-state index in [9.17, 15) is 0 Å². The van der Waals surface area contributed by atoms with Gasteiger partial charge in [-0.1, -0.05) is 168 Å². The molecular weight excluding hydrogens is 507 g/mol. The van der Waals surface area contributed by atoms with E-state index >= 15 is 0 Å².